The molecule has 21 heavy (non-hydrogen) atoms. The van der Waals surface area contributed by atoms with Crippen molar-refractivity contribution in [3.63, 3.8) is 0 Å². The van der Waals surface area contributed by atoms with Crippen LogP contribution >= 0.6 is 0 Å². The number of imide groups is 1. The molecule has 2 unspecified atom stereocenters. The first-order valence-electron chi connectivity index (χ1n) is 7.62. The van der Waals surface area contributed by atoms with Crippen molar-refractivity contribution in [1.82, 2.24) is 5.32 Å². The highest BCUT2D eigenvalue weighted by Gasteiger charge is 2.33. The largest absolute Gasteiger partial charge is 0.382 e. The molecule has 2 N–H and O–H groups in total. The minimum atomic E-state index is -0.297. The highest BCUT2D eigenvalue weighted by Crippen LogP contribution is 2.39. The quantitative estimate of drug-likeness (QED) is 0.821. The lowest BCUT2D eigenvalue weighted by molar-refractivity contribution is 0.0879. The summed E-state index contributed by atoms with van der Waals surface area (Å²) in [6.07, 6.45) is 3.55. The molecule has 0 aromatic heterocycles. The summed E-state index contributed by atoms with van der Waals surface area (Å²) in [4.78, 5) is 23.3. The Morgan fingerprint density at radius 3 is 2.62 bits per heavy atom. The second kappa shape index (κ2) is 4.86. The smallest absolute Gasteiger partial charge is 0.259 e. The van der Waals surface area contributed by atoms with Gasteiger partial charge in [-0.3, -0.25) is 14.9 Å². The standard InChI is InChI=1S/C17H22N2O2/c1-10-9-17(2,3)7-6-14(10)18-11-4-5-12-13(8-11)16(21)19-15(12)20/h4-5,8,10,14,18H,6-7,9H2,1-3H3,(H,19,20,21). The van der Waals surface area contributed by atoms with Crippen molar-refractivity contribution in [2.75, 3.05) is 5.32 Å². The second-order valence-corrected chi connectivity index (χ2v) is 7.18. The summed E-state index contributed by atoms with van der Waals surface area (Å²) in [6.45, 7) is 6.93. The zero-order valence-corrected chi connectivity index (χ0v) is 12.8. The number of hydrogen-bond acceptors (Lipinski definition) is 3. The summed E-state index contributed by atoms with van der Waals surface area (Å²) < 4.78 is 0. The molecule has 0 bridgehead atoms. The van der Waals surface area contributed by atoms with E-state index in [1.54, 1.807) is 12.1 Å². The van der Waals surface area contributed by atoms with Crippen LogP contribution < -0.4 is 10.6 Å². The highest BCUT2D eigenvalue weighted by molar-refractivity contribution is 6.21. The molecular weight excluding hydrogens is 264 g/mol. The zero-order chi connectivity index (χ0) is 15.2. The molecule has 1 aromatic rings. The Hall–Kier alpha value is -1.84. The van der Waals surface area contributed by atoms with E-state index in [4.69, 9.17) is 0 Å². The van der Waals surface area contributed by atoms with E-state index in [-0.39, 0.29) is 11.8 Å². The maximum Gasteiger partial charge on any atom is 0.259 e. The molecule has 1 saturated carbocycles. The molecule has 0 saturated heterocycles. The molecule has 2 aliphatic rings. The van der Waals surface area contributed by atoms with Crippen LogP contribution in [0.25, 0.3) is 0 Å². The van der Waals surface area contributed by atoms with Gasteiger partial charge in [0, 0.05) is 11.7 Å². The number of carbonyl (C=O) groups is 2. The molecule has 1 aliphatic carbocycles. The van der Waals surface area contributed by atoms with Crippen LogP contribution in [-0.4, -0.2) is 17.9 Å². The summed E-state index contributed by atoms with van der Waals surface area (Å²) in [5, 5.41) is 5.87. The van der Waals surface area contributed by atoms with Gasteiger partial charge in [0.05, 0.1) is 11.1 Å². The average molecular weight is 286 g/mol. The molecule has 2 atom stereocenters. The minimum Gasteiger partial charge on any atom is -0.382 e. The van der Waals surface area contributed by atoms with E-state index in [1.165, 1.54) is 12.8 Å². The molecule has 4 heteroatoms. The summed E-state index contributed by atoms with van der Waals surface area (Å²) in [5.41, 5.74) is 2.30. The first-order valence-corrected chi connectivity index (χ1v) is 7.62. The Balaban J connectivity index is 1.76. The molecule has 4 nitrogen and oxygen atoms in total. The Kier molecular flexibility index (Phi) is 3.27. The normalized spacial score (nSPS) is 27.2. The topological polar surface area (TPSA) is 58.2 Å². The Labute approximate surface area is 125 Å². The average Bonchev–Trinajstić information content (AvgIpc) is 2.68. The SMILES string of the molecule is CC1CC(C)(C)CCC1Nc1ccc2c(c1)C(=O)NC2=O. The van der Waals surface area contributed by atoms with Crippen LogP contribution in [0.4, 0.5) is 5.69 Å². The number of rotatable bonds is 2. The number of carbonyl (C=O) groups excluding carboxylic acids is 2. The van der Waals surface area contributed by atoms with Gasteiger partial charge in [-0.1, -0.05) is 20.8 Å². The molecule has 3 rings (SSSR count). The molecule has 1 aliphatic heterocycles. The second-order valence-electron chi connectivity index (χ2n) is 7.18. The van der Waals surface area contributed by atoms with Crippen molar-refractivity contribution in [3.05, 3.63) is 29.3 Å². The van der Waals surface area contributed by atoms with Gasteiger partial charge in [0.1, 0.15) is 0 Å². The lowest BCUT2D eigenvalue weighted by Crippen LogP contribution is -2.36. The zero-order valence-electron chi connectivity index (χ0n) is 12.8. The van der Waals surface area contributed by atoms with Crippen LogP contribution in [0.15, 0.2) is 18.2 Å². The van der Waals surface area contributed by atoms with Crippen molar-refractivity contribution in [2.45, 2.75) is 46.1 Å². The van der Waals surface area contributed by atoms with E-state index in [9.17, 15) is 9.59 Å². The molecule has 1 fully saturated rings. The van der Waals surface area contributed by atoms with Crippen LogP contribution in [0.3, 0.4) is 0 Å². The van der Waals surface area contributed by atoms with E-state index in [0.29, 0.717) is 28.5 Å². The number of anilines is 1. The van der Waals surface area contributed by atoms with Gasteiger partial charge in [-0.25, -0.2) is 0 Å². The summed E-state index contributed by atoms with van der Waals surface area (Å²) in [7, 11) is 0. The van der Waals surface area contributed by atoms with Crippen LogP contribution in [-0.2, 0) is 0 Å². The van der Waals surface area contributed by atoms with E-state index in [1.807, 2.05) is 6.07 Å². The molecule has 1 aromatic carbocycles. The Morgan fingerprint density at radius 1 is 1.19 bits per heavy atom. The number of amides is 2. The minimum absolute atomic E-state index is 0.295. The van der Waals surface area contributed by atoms with Gasteiger partial charge in [0.15, 0.2) is 0 Å². The maximum absolute atomic E-state index is 11.7. The third kappa shape index (κ3) is 2.67. The number of nitrogens with one attached hydrogen (secondary N) is 2. The molecule has 112 valence electrons. The maximum atomic E-state index is 11.7. The predicted molar refractivity (Wildman–Crippen MR) is 82.4 cm³/mol. The molecule has 0 radical (unpaired) electrons. The van der Waals surface area contributed by atoms with Gasteiger partial charge in [-0.15, -0.1) is 0 Å². The van der Waals surface area contributed by atoms with Crippen molar-refractivity contribution in [2.24, 2.45) is 11.3 Å². The van der Waals surface area contributed by atoms with Gasteiger partial charge in [0.25, 0.3) is 11.8 Å². The molecular formula is C17H22N2O2. The highest BCUT2D eigenvalue weighted by atomic mass is 16.2. The summed E-state index contributed by atoms with van der Waals surface area (Å²) in [5.74, 6) is 0.00303. The fourth-order valence-corrected chi connectivity index (χ4v) is 3.63. The summed E-state index contributed by atoms with van der Waals surface area (Å²) in [6, 6.07) is 5.84. The van der Waals surface area contributed by atoms with Crippen LogP contribution in [0.2, 0.25) is 0 Å². The van der Waals surface area contributed by atoms with E-state index in [2.05, 4.69) is 31.4 Å². The van der Waals surface area contributed by atoms with E-state index < -0.39 is 0 Å². The Bertz CT molecular complexity index is 607. The molecule has 0 spiro atoms. The first-order chi connectivity index (χ1) is 9.85. The summed E-state index contributed by atoms with van der Waals surface area (Å²) >= 11 is 0. The van der Waals surface area contributed by atoms with Crippen molar-refractivity contribution < 1.29 is 9.59 Å². The predicted octanol–water partition coefficient (Wildman–Crippen LogP) is 3.20. The number of fused-ring (bicyclic) bond motifs is 1. The van der Waals surface area contributed by atoms with Gasteiger partial charge < -0.3 is 5.32 Å². The third-order valence-electron chi connectivity index (χ3n) is 4.78. The van der Waals surface area contributed by atoms with Gasteiger partial charge in [-0.05, 0) is 48.8 Å². The third-order valence-corrected chi connectivity index (χ3v) is 4.78. The van der Waals surface area contributed by atoms with E-state index in [0.717, 1.165) is 12.1 Å². The van der Waals surface area contributed by atoms with Crippen LogP contribution in [0.5, 0.6) is 0 Å². The van der Waals surface area contributed by atoms with Gasteiger partial charge in [-0.2, -0.15) is 0 Å². The lowest BCUT2D eigenvalue weighted by Gasteiger charge is -2.40. The molecule has 2 amide bonds. The van der Waals surface area contributed by atoms with E-state index >= 15 is 0 Å². The fourth-order valence-electron chi connectivity index (χ4n) is 3.63. The van der Waals surface area contributed by atoms with Gasteiger partial charge in [0.2, 0.25) is 0 Å². The van der Waals surface area contributed by atoms with Crippen molar-refractivity contribution in [1.29, 1.82) is 0 Å². The first kappa shape index (κ1) is 14.1. The van der Waals surface area contributed by atoms with Gasteiger partial charge >= 0.3 is 0 Å². The van der Waals surface area contributed by atoms with Crippen molar-refractivity contribution >= 4 is 17.5 Å². The number of benzene rings is 1. The lowest BCUT2D eigenvalue weighted by atomic mass is 9.70. The number of hydrogen-bond donors (Lipinski definition) is 2. The molecule has 1 heterocycles. The van der Waals surface area contributed by atoms with Crippen molar-refractivity contribution in [3.8, 4) is 0 Å². The monoisotopic (exact) mass is 286 g/mol. The van der Waals surface area contributed by atoms with Crippen LogP contribution in [0, 0.1) is 11.3 Å². The van der Waals surface area contributed by atoms with Crippen LogP contribution in [0.1, 0.15) is 60.7 Å². The fraction of sp³-hybridized carbons (Fsp3) is 0.529. The Morgan fingerprint density at radius 2 is 1.90 bits per heavy atom.